The normalized spacial score (nSPS) is 24.5. The second-order valence-electron chi connectivity index (χ2n) is 8.40. The van der Waals surface area contributed by atoms with Gasteiger partial charge in [0.05, 0.1) is 4.90 Å². The van der Waals surface area contributed by atoms with Gasteiger partial charge in [0, 0.05) is 12.6 Å². The SMILES string of the molecule is CC(C)C(NS(=O)(=O)c1ccccc1)C(=O)NCC1CCCN2CCCCC12. The van der Waals surface area contributed by atoms with Crippen molar-refractivity contribution in [2.24, 2.45) is 11.8 Å². The number of fused-ring (bicyclic) bond motifs is 1. The van der Waals surface area contributed by atoms with Crippen molar-refractivity contribution in [3.05, 3.63) is 30.3 Å². The zero-order valence-corrected chi connectivity index (χ0v) is 17.7. The van der Waals surface area contributed by atoms with Gasteiger partial charge >= 0.3 is 0 Å². The van der Waals surface area contributed by atoms with Gasteiger partial charge in [-0.3, -0.25) is 4.79 Å². The van der Waals surface area contributed by atoms with Gasteiger partial charge < -0.3 is 10.2 Å². The van der Waals surface area contributed by atoms with Crippen molar-refractivity contribution >= 4 is 15.9 Å². The Balaban J connectivity index is 1.62. The maximum absolute atomic E-state index is 12.8. The van der Waals surface area contributed by atoms with Crippen molar-refractivity contribution in [2.45, 2.75) is 62.9 Å². The van der Waals surface area contributed by atoms with E-state index in [-0.39, 0.29) is 16.7 Å². The number of nitrogens with zero attached hydrogens (tertiary/aromatic N) is 1. The Morgan fingerprint density at radius 1 is 1.11 bits per heavy atom. The number of amides is 1. The third-order valence-corrected chi connectivity index (χ3v) is 7.51. The predicted octanol–water partition coefficient (Wildman–Crippen LogP) is 2.37. The molecule has 1 aromatic rings. The number of rotatable bonds is 7. The topological polar surface area (TPSA) is 78.5 Å². The van der Waals surface area contributed by atoms with Crippen molar-refractivity contribution < 1.29 is 13.2 Å². The fourth-order valence-corrected chi connectivity index (χ4v) is 5.85. The van der Waals surface area contributed by atoms with Crippen LogP contribution in [-0.4, -0.2) is 50.9 Å². The average molecular weight is 408 g/mol. The molecule has 1 aromatic carbocycles. The number of nitrogens with one attached hydrogen (secondary N) is 2. The molecule has 0 bridgehead atoms. The number of carbonyl (C=O) groups is 1. The quantitative estimate of drug-likeness (QED) is 0.727. The Morgan fingerprint density at radius 3 is 2.54 bits per heavy atom. The van der Waals surface area contributed by atoms with Crippen LogP contribution < -0.4 is 10.0 Å². The van der Waals surface area contributed by atoms with Crippen LogP contribution in [0.15, 0.2) is 35.2 Å². The first-order valence-corrected chi connectivity index (χ1v) is 12.0. The summed E-state index contributed by atoms with van der Waals surface area (Å²) in [6, 6.07) is 7.98. The summed E-state index contributed by atoms with van der Waals surface area (Å²) in [6.07, 6.45) is 6.03. The molecule has 2 N–H and O–H groups in total. The van der Waals surface area contributed by atoms with Crippen LogP contribution >= 0.6 is 0 Å². The number of benzene rings is 1. The molecule has 2 saturated heterocycles. The highest BCUT2D eigenvalue weighted by Gasteiger charge is 2.34. The summed E-state index contributed by atoms with van der Waals surface area (Å²) in [4.78, 5) is 15.6. The van der Waals surface area contributed by atoms with E-state index in [4.69, 9.17) is 0 Å². The molecule has 3 atom stereocenters. The highest BCUT2D eigenvalue weighted by atomic mass is 32.2. The van der Waals surface area contributed by atoms with Crippen LogP contribution in [0.25, 0.3) is 0 Å². The largest absolute Gasteiger partial charge is 0.354 e. The van der Waals surface area contributed by atoms with E-state index in [1.165, 1.54) is 50.9 Å². The lowest BCUT2D eigenvalue weighted by molar-refractivity contribution is -0.124. The van der Waals surface area contributed by atoms with Crippen LogP contribution in [0.3, 0.4) is 0 Å². The molecule has 3 rings (SSSR count). The van der Waals surface area contributed by atoms with Crippen LogP contribution in [-0.2, 0) is 14.8 Å². The van der Waals surface area contributed by atoms with Crippen LogP contribution in [0.2, 0.25) is 0 Å². The van der Waals surface area contributed by atoms with E-state index in [1.54, 1.807) is 18.2 Å². The minimum atomic E-state index is -3.73. The lowest BCUT2D eigenvalue weighted by Crippen LogP contribution is -2.54. The van der Waals surface area contributed by atoms with Gasteiger partial charge in [0.1, 0.15) is 6.04 Å². The molecule has 1 amide bonds. The monoisotopic (exact) mass is 407 g/mol. The van der Waals surface area contributed by atoms with Gasteiger partial charge in [0.15, 0.2) is 0 Å². The van der Waals surface area contributed by atoms with E-state index in [0.717, 1.165) is 6.42 Å². The maximum Gasteiger partial charge on any atom is 0.241 e. The summed E-state index contributed by atoms with van der Waals surface area (Å²) in [5.74, 6) is 0.0787. The average Bonchev–Trinajstić information content (AvgIpc) is 2.70. The number of sulfonamides is 1. The molecule has 0 spiro atoms. The first-order chi connectivity index (χ1) is 13.4. The maximum atomic E-state index is 12.8. The molecule has 0 aromatic heterocycles. The number of hydrogen-bond acceptors (Lipinski definition) is 4. The summed E-state index contributed by atoms with van der Waals surface area (Å²) in [5.41, 5.74) is 0. The Labute approximate surface area is 169 Å². The molecule has 156 valence electrons. The third kappa shape index (κ3) is 5.13. The molecule has 0 aliphatic carbocycles. The molecule has 3 unspecified atom stereocenters. The van der Waals surface area contributed by atoms with Crippen LogP contribution in [0, 0.1) is 11.8 Å². The van der Waals surface area contributed by atoms with Crippen molar-refractivity contribution in [1.82, 2.24) is 14.9 Å². The highest BCUT2D eigenvalue weighted by molar-refractivity contribution is 7.89. The van der Waals surface area contributed by atoms with Crippen molar-refractivity contribution in [3.63, 3.8) is 0 Å². The molecule has 2 aliphatic heterocycles. The van der Waals surface area contributed by atoms with E-state index in [1.807, 2.05) is 13.8 Å². The molecule has 2 aliphatic rings. The second-order valence-corrected chi connectivity index (χ2v) is 10.1. The lowest BCUT2D eigenvalue weighted by Gasteiger charge is -2.44. The summed E-state index contributed by atoms with van der Waals surface area (Å²) >= 11 is 0. The number of hydrogen-bond donors (Lipinski definition) is 2. The Hall–Kier alpha value is -1.44. The van der Waals surface area contributed by atoms with Crippen molar-refractivity contribution in [2.75, 3.05) is 19.6 Å². The van der Waals surface area contributed by atoms with Gasteiger partial charge in [-0.1, -0.05) is 38.5 Å². The molecule has 0 saturated carbocycles. The fraction of sp³-hybridized carbons (Fsp3) is 0.667. The first-order valence-electron chi connectivity index (χ1n) is 10.5. The van der Waals surface area contributed by atoms with Crippen LogP contribution in [0.1, 0.15) is 46.0 Å². The molecule has 2 fully saturated rings. The number of carbonyl (C=O) groups excluding carboxylic acids is 1. The first kappa shape index (κ1) is 21.3. The molecule has 7 heteroatoms. The van der Waals surface area contributed by atoms with E-state index in [2.05, 4.69) is 14.9 Å². The Kier molecular flexibility index (Phi) is 7.12. The smallest absolute Gasteiger partial charge is 0.241 e. The van der Waals surface area contributed by atoms with E-state index in [0.29, 0.717) is 18.5 Å². The minimum Gasteiger partial charge on any atom is -0.354 e. The summed E-state index contributed by atoms with van der Waals surface area (Å²) < 4.78 is 27.9. The molecule has 28 heavy (non-hydrogen) atoms. The number of piperidine rings is 2. The minimum absolute atomic E-state index is 0.143. The van der Waals surface area contributed by atoms with Gasteiger partial charge in [-0.15, -0.1) is 0 Å². The Bertz CT molecular complexity index is 749. The zero-order chi connectivity index (χ0) is 20.1. The zero-order valence-electron chi connectivity index (χ0n) is 16.9. The summed E-state index contributed by atoms with van der Waals surface area (Å²) in [7, 11) is -3.73. The standard InChI is InChI=1S/C21H33N3O3S/c1-16(2)20(23-28(26,27)18-10-4-3-5-11-18)21(25)22-15-17-9-8-14-24-13-7-6-12-19(17)24/h3-5,10-11,16-17,19-20,23H,6-9,12-15H2,1-2H3,(H,22,25). The summed E-state index contributed by atoms with van der Waals surface area (Å²) in [5, 5.41) is 3.05. The molecule has 0 radical (unpaired) electrons. The summed E-state index contributed by atoms with van der Waals surface area (Å²) in [6.45, 7) is 6.68. The molecular weight excluding hydrogens is 374 g/mol. The van der Waals surface area contributed by atoms with Crippen molar-refractivity contribution in [3.8, 4) is 0 Å². The van der Waals surface area contributed by atoms with Gasteiger partial charge in [0.25, 0.3) is 0 Å². The van der Waals surface area contributed by atoms with Gasteiger partial charge in [-0.05, 0) is 62.7 Å². The van der Waals surface area contributed by atoms with Crippen LogP contribution in [0.5, 0.6) is 0 Å². The van der Waals surface area contributed by atoms with E-state index < -0.39 is 16.1 Å². The van der Waals surface area contributed by atoms with E-state index in [9.17, 15) is 13.2 Å². The van der Waals surface area contributed by atoms with Gasteiger partial charge in [-0.25, -0.2) is 8.42 Å². The lowest BCUT2D eigenvalue weighted by atomic mass is 9.83. The third-order valence-electron chi connectivity index (χ3n) is 6.05. The Morgan fingerprint density at radius 2 is 1.82 bits per heavy atom. The van der Waals surface area contributed by atoms with Crippen molar-refractivity contribution in [1.29, 1.82) is 0 Å². The van der Waals surface area contributed by atoms with Gasteiger partial charge in [-0.2, -0.15) is 4.72 Å². The fourth-order valence-electron chi connectivity index (χ4n) is 4.48. The van der Waals surface area contributed by atoms with E-state index >= 15 is 0 Å². The molecule has 6 nitrogen and oxygen atoms in total. The second kappa shape index (κ2) is 9.37. The molecular formula is C21H33N3O3S. The molecule has 2 heterocycles. The predicted molar refractivity (Wildman–Crippen MR) is 110 cm³/mol. The van der Waals surface area contributed by atoms with Gasteiger partial charge in [0.2, 0.25) is 15.9 Å². The highest BCUT2D eigenvalue weighted by Crippen LogP contribution is 2.30. The van der Waals surface area contributed by atoms with Crippen LogP contribution in [0.4, 0.5) is 0 Å².